The highest BCUT2D eigenvalue weighted by Gasteiger charge is 2.36. The minimum absolute atomic E-state index is 0.173. The lowest BCUT2D eigenvalue weighted by Gasteiger charge is -2.42. The highest BCUT2D eigenvalue weighted by molar-refractivity contribution is 5.34. The number of aliphatic hydroxyl groups is 1. The molecule has 1 saturated heterocycles. The van der Waals surface area contributed by atoms with E-state index >= 15 is 0 Å². The van der Waals surface area contributed by atoms with Crippen molar-refractivity contribution in [2.45, 2.75) is 31.4 Å². The van der Waals surface area contributed by atoms with Gasteiger partial charge in [0.25, 0.3) is 0 Å². The number of hydrogen-bond acceptors (Lipinski definition) is 4. The third-order valence-electron chi connectivity index (χ3n) is 5.83. The summed E-state index contributed by atoms with van der Waals surface area (Å²) in [5, 5.41) is 10.3. The molecule has 1 fully saturated rings. The first-order chi connectivity index (χ1) is 14.3. The van der Waals surface area contributed by atoms with Gasteiger partial charge in [-0.1, -0.05) is 54.6 Å². The fraction of sp³-hybridized carbons (Fsp3) is 0.320. The molecule has 1 aliphatic heterocycles. The van der Waals surface area contributed by atoms with Gasteiger partial charge in [0, 0.05) is 42.0 Å². The molecule has 0 amide bonds. The molecule has 1 unspecified atom stereocenters. The molecule has 0 saturated carbocycles. The second-order valence-corrected chi connectivity index (χ2v) is 7.88. The minimum Gasteiger partial charge on any atom is -0.489 e. The number of pyridine rings is 1. The number of hydrogen-bond donors (Lipinski definition) is 1. The van der Waals surface area contributed by atoms with Crippen LogP contribution < -0.4 is 4.74 Å². The number of likely N-dealkylation sites (tertiary alicyclic amines) is 1. The molecule has 1 atom stereocenters. The van der Waals surface area contributed by atoms with Gasteiger partial charge in [-0.05, 0) is 37.1 Å². The van der Waals surface area contributed by atoms with Crippen molar-refractivity contribution in [3.63, 3.8) is 0 Å². The summed E-state index contributed by atoms with van der Waals surface area (Å²) in [6.45, 7) is 3.38. The lowest BCUT2D eigenvalue weighted by molar-refractivity contribution is 0.0843. The van der Waals surface area contributed by atoms with Crippen LogP contribution in [0.1, 0.15) is 29.5 Å². The molecule has 1 aliphatic rings. The third-order valence-corrected chi connectivity index (χ3v) is 5.83. The first-order valence-electron chi connectivity index (χ1n) is 10.3. The molecule has 0 radical (unpaired) electrons. The fourth-order valence-corrected chi connectivity index (χ4v) is 4.27. The zero-order valence-corrected chi connectivity index (χ0v) is 16.7. The molecule has 1 aromatic heterocycles. The van der Waals surface area contributed by atoms with Gasteiger partial charge < -0.3 is 9.84 Å². The monoisotopic (exact) mass is 388 g/mol. The van der Waals surface area contributed by atoms with Crippen molar-refractivity contribution in [1.82, 2.24) is 9.88 Å². The highest BCUT2D eigenvalue weighted by atomic mass is 16.5. The van der Waals surface area contributed by atoms with E-state index in [-0.39, 0.29) is 12.0 Å². The smallest absolute Gasteiger partial charge is 0.124 e. The first kappa shape index (κ1) is 19.6. The maximum Gasteiger partial charge on any atom is 0.124 e. The standard InChI is InChI=1S/C25H28N2O2/c28-20-25(23-10-2-1-3-11-23)13-7-15-27(19-25)17-22-9-4-5-12-24(22)29-18-21-8-6-14-26-16-21/h1-6,8-12,14,16,28H,7,13,15,17-20H2. The lowest BCUT2D eigenvalue weighted by atomic mass is 9.74. The van der Waals surface area contributed by atoms with Crippen molar-refractivity contribution in [1.29, 1.82) is 0 Å². The van der Waals surface area contributed by atoms with Crippen LogP contribution in [0.2, 0.25) is 0 Å². The number of aliphatic hydroxyl groups excluding tert-OH is 1. The van der Waals surface area contributed by atoms with Crippen LogP contribution in [0.3, 0.4) is 0 Å². The predicted molar refractivity (Wildman–Crippen MR) is 115 cm³/mol. The minimum atomic E-state index is -0.189. The van der Waals surface area contributed by atoms with Gasteiger partial charge in [0.2, 0.25) is 0 Å². The summed E-state index contributed by atoms with van der Waals surface area (Å²) >= 11 is 0. The molecule has 1 N–H and O–H groups in total. The van der Waals surface area contributed by atoms with E-state index in [9.17, 15) is 5.11 Å². The zero-order valence-electron chi connectivity index (χ0n) is 16.7. The van der Waals surface area contributed by atoms with Gasteiger partial charge in [-0.2, -0.15) is 0 Å². The molecule has 0 spiro atoms. The Hall–Kier alpha value is -2.69. The number of para-hydroxylation sites is 1. The Morgan fingerprint density at radius 3 is 2.62 bits per heavy atom. The molecule has 4 heteroatoms. The third kappa shape index (κ3) is 4.66. The molecular weight excluding hydrogens is 360 g/mol. The second kappa shape index (κ2) is 9.21. The van der Waals surface area contributed by atoms with Crippen molar-refractivity contribution >= 4 is 0 Å². The van der Waals surface area contributed by atoms with Crippen LogP contribution in [0.15, 0.2) is 79.1 Å². The average molecular weight is 389 g/mol. The Labute approximate surface area is 172 Å². The van der Waals surface area contributed by atoms with Crippen molar-refractivity contribution in [3.8, 4) is 5.75 Å². The van der Waals surface area contributed by atoms with E-state index in [0.29, 0.717) is 6.61 Å². The Balaban J connectivity index is 1.48. The summed E-state index contributed by atoms with van der Waals surface area (Å²) in [6, 6.07) is 22.6. The molecule has 0 aliphatic carbocycles. The summed E-state index contributed by atoms with van der Waals surface area (Å²) in [4.78, 5) is 6.60. The van der Waals surface area contributed by atoms with E-state index in [1.165, 1.54) is 11.1 Å². The number of ether oxygens (including phenoxy) is 1. The van der Waals surface area contributed by atoms with Crippen LogP contribution in [0, 0.1) is 0 Å². The quantitative estimate of drug-likeness (QED) is 0.659. The van der Waals surface area contributed by atoms with E-state index in [2.05, 4.69) is 46.3 Å². The van der Waals surface area contributed by atoms with Crippen molar-refractivity contribution < 1.29 is 9.84 Å². The van der Waals surface area contributed by atoms with Gasteiger partial charge in [-0.15, -0.1) is 0 Å². The van der Waals surface area contributed by atoms with Crippen LogP contribution in [-0.4, -0.2) is 34.7 Å². The van der Waals surface area contributed by atoms with E-state index < -0.39 is 0 Å². The fourth-order valence-electron chi connectivity index (χ4n) is 4.27. The van der Waals surface area contributed by atoms with Crippen LogP contribution in [0.5, 0.6) is 5.75 Å². The molecule has 2 aromatic carbocycles. The van der Waals surface area contributed by atoms with E-state index in [0.717, 1.165) is 43.8 Å². The molecule has 3 aromatic rings. The maximum atomic E-state index is 10.3. The first-order valence-corrected chi connectivity index (χ1v) is 10.3. The van der Waals surface area contributed by atoms with Crippen LogP contribution >= 0.6 is 0 Å². The molecule has 29 heavy (non-hydrogen) atoms. The summed E-state index contributed by atoms with van der Waals surface area (Å²) in [5.41, 5.74) is 3.28. The van der Waals surface area contributed by atoms with Crippen molar-refractivity contribution in [3.05, 3.63) is 95.8 Å². The average Bonchev–Trinajstić information content (AvgIpc) is 2.80. The number of rotatable bonds is 7. The van der Waals surface area contributed by atoms with Crippen LogP contribution in [-0.2, 0) is 18.6 Å². The van der Waals surface area contributed by atoms with Crippen molar-refractivity contribution in [2.75, 3.05) is 19.7 Å². The Morgan fingerprint density at radius 1 is 1.00 bits per heavy atom. The van der Waals surface area contributed by atoms with Crippen LogP contribution in [0.4, 0.5) is 0 Å². The Kier molecular flexibility index (Phi) is 6.23. The molecular formula is C25H28N2O2. The molecule has 150 valence electrons. The number of benzene rings is 2. The Bertz CT molecular complexity index is 901. The van der Waals surface area contributed by atoms with E-state index in [1.807, 2.05) is 36.5 Å². The molecule has 0 bridgehead atoms. The van der Waals surface area contributed by atoms with Gasteiger partial charge in [0.05, 0.1) is 6.61 Å². The van der Waals surface area contributed by atoms with Gasteiger partial charge in [0.1, 0.15) is 12.4 Å². The number of nitrogens with zero attached hydrogens (tertiary/aromatic N) is 2. The summed E-state index contributed by atoms with van der Waals surface area (Å²) < 4.78 is 6.11. The number of piperidine rings is 1. The van der Waals surface area contributed by atoms with Gasteiger partial charge in [-0.3, -0.25) is 9.88 Å². The van der Waals surface area contributed by atoms with E-state index in [4.69, 9.17) is 4.74 Å². The topological polar surface area (TPSA) is 45.6 Å². The predicted octanol–water partition coefficient (Wildman–Crippen LogP) is 4.19. The Morgan fingerprint density at radius 2 is 1.83 bits per heavy atom. The summed E-state index contributed by atoms with van der Waals surface area (Å²) in [6.07, 6.45) is 5.70. The van der Waals surface area contributed by atoms with Crippen LogP contribution in [0.25, 0.3) is 0 Å². The SMILES string of the molecule is OCC1(c2ccccc2)CCCN(Cc2ccccc2OCc2cccnc2)C1. The van der Waals surface area contributed by atoms with Crippen molar-refractivity contribution in [2.24, 2.45) is 0 Å². The molecule has 4 nitrogen and oxygen atoms in total. The normalized spacial score (nSPS) is 19.8. The second-order valence-electron chi connectivity index (χ2n) is 7.88. The molecule has 4 rings (SSSR count). The summed E-state index contributed by atoms with van der Waals surface area (Å²) in [7, 11) is 0. The van der Waals surface area contributed by atoms with Gasteiger partial charge >= 0.3 is 0 Å². The summed E-state index contributed by atoms with van der Waals surface area (Å²) in [5.74, 6) is 0.913. The maximum absolute atomic E-state index is 10.3. The molecule has 2 heterocycles. The zero-order chi connectivity index (χ0) is 19.9. The lowest BCUT2D eigenvalue weighted by Crippen LogP contribution is -2.48. The van der Waals surface area contributed by atoms with E-state index in [1.54, 1.807) is 6.20 Å². The number of aromatic nitrogens is 1. The highest BCUT2D eigenvalue weighted by Crippen LogP contribution is 2.35. The van der Waals surface area contributed by atoms with Gasteiger partial charge in [-0.25, -0.2) is 0 Å². The van der Waals surface area contributed by atoms with Gasteiger partial charge in [0.15, 0.2) is 0 Å². The largest absolute Gasteiger partial charge is 0.489 e.